The molecule has 0 aromatic heterocycles. The van der Waals surface area contributed by atoms with Crippen molar-refractivity contribution in [2.45, 2.75) is 6.92 Å². The number of rotatable bonds is 4. The third kappa shape index (κ3) is 3.42. The smallest absolute Gasteiger partial charge is 0.252 e. The van der Waals surface area contributed by atoms with E-state index in [1.807, 2.05) is 6.92 Å². The number of amides is 1. The molecule has 5 heteroatoms. The minimum atomic E-state index is -0.167. The molecule has 0 unspecified atom stereocenters. The summed E-state index contributed by atoms with van der Waals surface area (Å²) in [5.41, 5.74) is 6.50. The van der Waals surface area contributed by atoms with Crippen LogP contribution in [0, 0.1) is 0 Å². The van der Waals surface area contributed by atoms with E-state index in [0.29, 0.717) is 22.9 Å². The molecule has 4 N–H and O–H groups in total. The maximum atomic E-state index is 11.5. The van der Waals surface area contributed by atoms with Gasteiger partial charge in [0.25, 0.3) is 5.91 Å². The van der Waals surface area contributed by atoms with Gasteiger partial charge in [-0.1, -0.05) is 18.5 Å². The third-order valence-electron chi connectivity index (χ3n) is 1.88. The van der Waals surface area contributed by atoms with Crippen molar-refractivity contribution in [3.05, 3.63) is 28.8 Å². The van der Waals surface area contributed by atoms with Gasteiger partial charge in [0.05, 0.1) is 17.4 Å². The van der Waals surface area contributed by atoms with Crippen LogP contribution < -0.4 is 16.4 Å². The van der Waals surface area contributed by atoms with E-state index in [1.54, 1.807) is 18.2 Å². The van der Waals surface area contributed by atoms with Crippen molar-refractivity contribution in [1.29, 1.82) is 0 Å². The first-order chi connectivity index (χ1) is 7.15. The third-order valence-corrected chi connectivity index (χ3v) is 2.23. The molecule has 0 fully saturated rings. The van der Waals surface area contributed by atoms with E-state index in [4.69, 9.17) is 17.3 Å². The second kappa shape index (κ2) is 5.58. The normalized spacial score (nSPS) is 10.0. The highest BCUT2D eigenvalue weighted by Crippen LogP contribution is 2.19. The lowest BCUT2D eigenvalue weighted by atomic mass is 10.2. The molecule has 1 aromatic carbocycles. The molecule has 0 saturated carbocycles. The monoisotopic (exact) mass is 227 g/mol. The minimum absolute atomic E-state index is 0.167. The number of nitrogens with one attached hydrogen (secondary N) is 2. The second-order valence-corrected chi connectivity index (χ2v) is 3.43. The molecule has 0 aliphatic rings. The summed E-state index contributed by atoms with van der Waals surface area (Å²) in [6, 6.07) is 4.81. The molecule has 1 aromatic rings. The molecule has 82 valence electrons. The van der Waals surface area contributed by atoms with Gasteiger partial charge in [-0.25, -0.2) is 0 Å². The SMILES string of the molecule is CCNCNC(=O)c1ccc(Cl)c(N)c1. The van der Waals surface area contributed by atoms with Crippen LogP contribution in [-0.4, -0.2) is 19.1 Å². The average molecular weight is 228 g/mol. The summed E-state index contributed by atoms with van der Waals surface area (Å²) in [5, 5.41) is 6.14. The van der Waals surface area contributed by atoms with Crippen molar-refractivity contribution >= 4 is 23.2 Å². The van der Waals surface area contributed by atoms with Gasteiger partial charge in [0.2, 0.25) is 0 Å². The van der Waals surface area contributed by atoms with Crippen LogP contribution in [-0.2, 0) is 0 Å². The Kier molecular flexibility index (Phi) is 4.39. The Morgan fingerprint density at radius 2 is 2.27 bits per heavy atom. The van der Waals surface area contributed by atoms with Crippen molar-refractivity contribution in [2.75, 3.05) is 18.9 Å². The van der Waals surface area contributed by atoms with Crippen molar-refractivity contribution in [1.82, 2.24) is 10.6 Å². The average Bonchev–Trinajstić information content (AvgIpc) is 2.22. The highest BCUT2D eigenvalue weighted by atomic mass is 35.5. The zero-order chi connectivity index (χ0) is 11.3. The van der Waals surface area contributed by atoms with E-state index in [1.165, 1.54) is 0 Å². The summed E-state index contributed by atoms with van der Waals surface area (Å²) in [6.45, 7) is 3.22. The summed E-state index contributed by atoms with van der Waals surface area (Å²) in [5.74, 6) is -0.167. The molecule has 0 saturated heterocycles. The lowest BCUT2D eigenvalue weighted by molar-refractivity contribution is 0.0951. The molecule has 0 spiro atoms. The van der Waals surface area contributed by atoms with E-state index in [2.05, 4.69) is 10.6 Å². The van der Waals surface area contributed by atoms with Crippen molar-refractivity contribution in [3.63, 3.8) is 0 Å². The highest BCUT2D eigenvalue weighted by Gasteiger charge is 2.06. The second-order valence-electron chi connectivity index (χ2n) is 3.02. The quantitative estimate of drug-likeness (QED) is 0.412. The van der Waals surface area contributed by atoms with Crippen LogP contribution >= 0.6 is 11.6 Å². The van der Waals surface area contributed by atoms with Crippen LogP contribution in [0.25, 0.3) is 0 Å². The number of anilines is 1. The number of nitrogen functional groups attached to an aromatic ring is 1. The van der Waals surface area contributed by atoms with Crippen LogP contribution in [0.5, 0.6) is 0 Å². The van der Waals surface area contributed by atoms with Gasteiger partial charge in [0, 0.05) is 5.56 Å². The van der Waals surface area contributed by atoms with Crippen LogP contribution in [0.3, 0.4) is 0 Å². The van der Waals surface area contributed by atoms with Gasteiger partial charge in [-0.15, -0.1) is 0 Å². The molecular weight excluding hydrogens is 214 g/mol. The zero-order valence-corrected chi connectivity index (χ0v) is 9.27. The van der Waals surface area contributed by atoms with E-state index in [-0.39, 0.29) is 5.91 Å². The minimum Gasteiger partial charge on any atom is -0.398 e. The van der Waals surface area contributed by atoms with Crippen LogP contribution in [0.1, 0.15) is 17.3 Å². The topological polar surface area (TPSA) is 67.1 Å². The molecular formula is C10H14ClN3O. The van der Waals surface area contributed by atoms with Gasteiger partial charge in [-0.2, -0.15) is 0 Å². The highest BCUT2D eigenvalue weighted by molar-refractivity contribution is 6.33. The summed E-state index contributed by atoms with van der Waals surface area (Å²) in [4.78, 5) is 11.5. The fourth-order valence-corrected chi connectivity index (χ4v) is 1.17. The first kappa shape index (κ1) is 11.8. The lowest BCUT2D eigenvalue weighted by Gasteiger charge is -2.06. The summed E-state index contributed by atoms with van der Waals surface area (Å²) < 4.78 is 0. The van der Waals surface area contributed by atoms with Gasteiger partial charge in [0.15, 0.2) is 0 Å². The van der Waals surface area contributed by atoms with Gasteiger partial charge in [-0.3, -0.25) is 4.79 Å². The van der Waals surface area contributed by atoms with E-state index in [9.17, 15) is 4.79 Å². The predicted octanol–water partition coefficient (Wildman–Crippen LogP) is 1.22. The summed E-state index contributed by atoms with van der Waals surface area (Å²) in [7, 11) is 0. The molecule has 0 heterocycles. The summed E-state index contributed by atoms with van der Waals surface area (Å²) >= 11 is 5.74. The number of carbonyl (C=O) groups is 1. The molecule has 1 rings (SSSR count). The Morgan fingerprint density at radius 3 is 2.87 bits per heavy atom. The fraction of sp³-hybridized carbons (Fsp3) is 0.300. The Balaban J connectivity index is 2.62. The molecule has 0 aliphatic heterocycles. The maximum absolute atomic E-state index is 11.5. The standard InChI is InChI=1S/C10H14ClN3O/c1-2-13-6-14-10(15)7-3-4-8(11)9(12)5-7/h3-5,13H,2,6,12H2,1H3,(H,14,15). The van der Waals surface area contributed by atoms with Crippen LogP contribution in [0.2, 0.25) is 5.02 Å². The molecule has 0 aliphatic carbocycles. The summed E-state index contributed by atoms with van der Waals surface area (Å²) in [6.07, 6.45) is 0. The predicted molar refractivity (Wildman–Crippen MR) is 61.9 cm³/mol. The lowest BCUT2D eigenvalue weighted by Crippen LogP contribution is -2.33. The van der Waals surface area contributed by atoms with Gasteiger partial charge < -0.3 is 16.4 Å². The largest absolute Gasteiger partial charge is 0.398 e. The first-order valence-corrected chi connectivity index (χ1v) is 5.07. The van der Waals surface area contributed by atoms with E-state index < -0.39 is 0 Å². The van der Waals surface area contributed by atoms with Gasteiger partial charge >= 0.3 is 0 Å². The Bertz CT molecular complexity index is 355. The molecule has 4 nitrogen and oxygen atoms in total. The molecule has 0 atom stereocenters. The first-order valence-electron chi connectivity index (χ1n) is 4.69. The van der Waals surface area contributed by atoms with Crippen molar-refractivity contribution in [3.8, 4) is 0 Å². The zero-order valence-electron chi connectivity index (χ0n) is 8.51. The van der Waals surface area contributed by atoms with Crippen molar-refractivity contribution in [2.24, 2.45) is 0 Å². The maximum Gasteiger partial charge on any atom is 0.252 e. The van der Waals surface area contributed by atoms with Crippen molar-refractivity contribution < 1.29 is 4.79 Å². The van der Waals surface area contributed by atoms with Crippen LogP contribution in [0.15, 0.2) is 18.2 Å². The molecule has 1 amide bonds. The number of hydrogen-bond donors (Lipinski definition) is 3. The molecule has 0 radical (unpaired) electrons. The van der Waals surface area contributed by atoms with E-state index in [0.717, 1.165) is 6.54 Å². The Hall–Kier alpha value is -1.26. The van der Waals surface area contributed by atoms with E-state index >= 15 is 0 Å². The van der Waals surface area contributed by atoms with Gasteiger partial charge in [-0.05, 0) is 24.7 Å². The number of hydrogen-bond acceptors (Lipinski definition) is 3. The number of nitrogens with two attached hydrogens (primary N) is 1. The Morgan fingerprint density at radius 1 is 1.53 bits per heavy atom. The number of halogens is 1. The molecule has 15 heavy (non-hydrogen) atoms. The fourth-order valence-electron chi connectivity index (χ4n) is 1.05. The molecule has 0 bridgehead atoms. The van der Waals surface area contributed by atoms with Crippen LogP contribution in [0.4, 0.5) is 5.69 Å². The van der Waals surface area contributed by atoms with Gasteiger partial charge in [0.1, 0.15) is 0 Å². The Labute approximate surface area is 93.8 Å². The number of carbonyl (C=O) groups excluding carboxylic acids is 1. The number of benzene rings is 1.